The largest absolute Gasteiger partial charge is 0.495 e. The Labute approximate surface area is 187 Å². The molecule has 168 valence electrons. The number of methoxy groups -OCH3 is 1. The lowest BCUT2D eigenvalue weighted by Gasteiger charge is -2.26. The summed E-state index contributed by atoms with van der Waals surface area (Å²) in [5.74, 6) is -0.00189. The number of piperidine rings is 1. The van der Waals surface area contributed by atoms with E-state index in [1.165, 1.54) is 11.4 Å². The third-order valence-corrected chi connectivity index (χ3v) is 7.43. The highest BCUT2D eigenvalue weighted by molar-refractivity contribution is 7.89. The van der Waals surface area contributed by atoms with E-state index in [4.69, 9.17) is 4.74 Å². The van der Waals surface area contributed by atoms with Gasteiger partial charge in [-0.2, -0.15) is 9.40 Å². The fraction of sp³-hybridized carbons (Fsp3) is 0.304. The molecular formula is C23H26N4O4S. The monoisotopic (exact) mass is 454 g/mol. The first-order valence-corrected chi connectivity index (χ1v) is 12.0. The van der Waals surface area contributed by atoms with Gasteiger partial charge in [0.1, 0.15) is 16.3 Å². The van der Waals surface area contributed by atoms with Crippen LogP contribution in [0.15, 0.2) is 59.5 Å². The van der Waals surface area contributed by atoms with Crippen LogP contribution in [-0.2, 0) is 16.6 Å². The molecule has 1 saturated heterocycles. The van der Waals surface area contributed by atoms with E-state index in [-0.39, 0.29) is 16.6 Å². The van der Waals surface area contributed by atoms with E-state index in [0.717, 1.165) is 24.8 Å². The van der Waals surface area contributed by atoms with Crippen LogP contribution in [0.2, 0.25) is 0 Å². The molecule has 4 rings (SSSR count). The highest BCUT2D eigenvalue weighted by atomic mass is 32.2. The van der Waals surface area contributed by atoms with Crippen LogP contribution in [0.25, 0.3) is 11.3 Å². The average molecular weight is 455 g/mol. The van der Waals surface area contributed by atoms with Crippen molar-refractivity contribution in [2.24, 2.45) is 0 Å². The Kier molecular flexibility index (Phi) is 6.57. The molecule has 2 N–H and O–H groups in total. The molecule has 0 spiro atoms. The molecule has 0 aliphatic carbocycles. The molecule has 9 heteroatoms. The highest BCUT2D eigenvalue weighted by Crippen LogP contribution is 2.32. The van der Waals surface area contributed by atoms with Gasteiger partial charge in [-0.1, -0.05) is 36.8 Å². The van der Waals surface area contributed by atoms with Gasteiger partial charge in [0.15, 0.2) is 0 Å². The summed E-state index contributed by atoms with van der Waals surface area (Å²) in [7, 11) is -2.24. The lowest BCUT2D eigenvalue weighted by atomic mass is 10.1. The van der Waals surface area contributed by atoms with E-state index in [1.807, 2.05) is 30.3 Å². The zero-order valence-electron chi connectivity index (χ0n) is 17.9. The lowest BCUT2D eigenvalue weighted by molar-refractivity contribution is 0.0946. The molecule has 1 amide bonds. The normalized spacial score (nSPS) is 14.8. The number of rotatable bonds is 7. The number of hydrogen-bond acceptors (Lipinski definition) is 5. The maximum absolute atomic E-state index is 13.2. The zero-order chi connectivity index (χ0) is 22.6. The highest BCUT2D eigenvalue weighted by Gasteiger charge is 2.29. The van der Waals surface area contributed by atoms with Gasteiger partial charge in [-0.3, -0.25) is 9.89 Å². The Morgan fingerprint density at radius 2 is 1.84 bits per heavy atom. The van der Waals surface area contributed by atoms with Gasteiger partial charge in [-0.05, 0) is 42.7 Å². The molecule has 32 heavy (non-hydrogen) atoms. The van der Waals surface area contributed by atoms with Gasteiger partial charge in [0, 0.05) is 25.2 Å². The summed E-state index contributed by atoms with van der Waals surface area (Å²) < 4.78 is 33.3. The van der Waals surface area contributed by atoms with Crippen molar-refractivity contribution in [3.63, 3.8) is 0 Å². The van der Waals surface area contributed by atoms with Crippen molar-refractivity contribution in [3.05, 3.63) is 65.9 Å². The van der Waals surface area contributed by atoms with Crippen molar-refractivity contribution in [1.82, 2.24) is 19.8 Å². The van der Waals surface area contributed by atoms with E-state index in [0.29, 0.717) is 36.6 Å². The minimum Gasteiger partial charge on any atom is -0.495 e. The maximum atomic E-state index is 13.2. The Hall–Kier alpha value is -3.17. The van der Waals surface area contributed by atoms with Crippen molar-refractivity contribution in [1.29, 1.82) is 0 Å². The van der Waals surface area contributed by atoms with E-state index < -0.39 is 10.0 Å². The second-order valence-electron chi connectivity index (χ2n) is 7.67. The van der Waals surface area contributed by atoms with Crippen LogP contribution in [0.3, 0.4) is 0 Å². The van der Waals surface area contributed by atoms with Crippen LogP contribution in [0.5, 0.6) is 5.75 Å². The minimum absolute atomic E-state index is 0.109. The van der Waals surface area contributed by atoms with Gasteiger partial charge in [-0.25, -0.2) is 8.42 Å². The summed E-state index contributed by atoms with van der Waals surface area (Å²) in [5, 5.41) is 9.80. The van der Waals surface area contributed by atoms with E-state index in [2.05, 4.69) is 15.5 Å². The predicted molar refractivity (Wildman–Crippen MR) is 121 cm³/mol. The van der Waals surface area contributed by atoms with Gasteiger partial charge < -0.3 is 10.1 Å². The third-order valence-electron chi connectivity index (χ3n) is 5.51. The van der Waals surface area contributed by atoms with E-state index in [1.54, 1.807) is 24.3 Å². The van der Waals surface area contributed by atoms with Crippen LogP contribution in [0.4, 0.5) is 0 Å². The molecule has 2 aromatic carbocycles. The first-order valence-electron chi connectivity index (χ1n) is 10.5. The minimum atomic E-state index is -3.69. The molecule has 8 nitrogen and oxygen atoms in total. The standard InChI is InChI=1S/C23H26N4O4S/c1-31-21-11-10-18(14-22(21)32(29,30)27-12-6-3-7-13-27)19-15-20(26-25-19)23(28)24-16-17-8-4-2-5-9-17/h2,4-5,8-11,14-15H,3,6-7,12-13,16H2,1H3,(H,24,28)(H,25,26). The Morgan fingerprint density at radius 3 is 2.56 bits per heavy atom. The summed E-state index contributed by atoms with van der Waals surface area (Å²) in [6.45, 7) is 1.41. The zero-order valence-corrected chi connectivity index (χ0v) is 18.7. The maximum Gasteiger partial charge on any atom is 0.269 e. The predicted octanol–water partition coefficient (Wildman–Crippen LogP) is 3.19. The SMILES string of the molecule is COc1ccc(-c2cc(C(=O)NCc3ccccc3)[nH]n2)cc1S(=O)(=O)N1CCCCC1. The molecule has 1 aliphatic rings. The fourth-order valence-corrected chi connectivity index (χ4v) is 5.44. The van der Waals surface area contributed by atoms with Crippen LogP contribution in [0, 0.1) is 0 Å². The van der Waals surface area contributed by atoms with Crippen molar-refractivity contribution < 1.29 is 17.9 Å². The number of H-pyrrole nitrogens is 1. The molecule has 0 unspecified atom stereocenters. The molecule has 0 saturated carbocycles. The Balaban J connectivity index is 1.56. The van der Waals surface area contributed by atoms with Crippen LogP contribution in [-0.4, -0.2) is 49.0 Å². The van der Waals surface area contributed by atoms with Crippen molar-refractivity contribution in [3.8, 4) is 17.0 Å². The molecule has 0 bridgehead atoms. The van der Waals surface area contributed by atoms with Crippen LogP contribution in [0.1, 0.15) is 35.3 Å². The second-order valence-corrected chi connectivity index (χ2v) is 9.57. The van der Waals surface area contributed by atoms with E-state index >= 15 is 0 Å². The molecule has 1 aliphatic heterocycles. The smallest absolute Gasteiger partial charge is 0.269 e. The van der Waals surface area contributed by atoms with Crippen molar-refractivity contribution in [2.45, 2.75) is 30.7 Å². The summed E-state index contributed by atoms with van der Waals surface area (Å²) in [5.41, 5.74) is 2.35. The summed E-state index contributed by atoms with van der Waals surface area (Å²) in [6, 6.07) is 16.1. The number of benzene rings is 2. The number of nitrogens with zero attached hydrogens (tertiary/aromatic N) is 2. The quantitative estimate of drug-likeness (QED) is 0.571. The molecule has 1 fully saturated rings. The summed E-state index contributed by atoms with van der Waals surface area (Å²) >= 11 is 0. The van der Waals surface area contributed by atoms with Crippen molar-refractivity contribution in [2.75, 3.05) is 20.2 Å². The number of aromatic amines is 1. The molecule has 3 aromatic rings. The van der Waals surface area contributed by atoms with Gasteiger partial charge in [0.25, 0.3) is 5.91 Å². The average Bonchev–Trinajstić information content (AvgIpc) is 3.34. The van der Waals surface area contributed by atoms with Crippen LogP contribution < -0.4 is 10.1 Å². The Bertz CT molecular complexity index is 1190. The van der Waals surface area contributed by atoms with Gasteiger partial charge in [0.2, 0.25) is 10.0 Å². The van der Waals surface area contributed by atoms with Crippen LogP contribution >= 0.6 is 0 Å². The second kappa shape index (κ2) is 9.54. The number of hydrogen-bond donors (Lipinski definition) is 2. The first-order chi connectivity index (χ1) is 15.5. The molecule has 1 aromatic heterocycles. The molecular weight excluding hydrogens is 428 g/mol. The third kappa shape index (κ3) is 4.68. The molecule has 0 radical (unpaired) electrons. The number of nitrogens with one attached hydrogen (secondary N) is 2. The van der Waals surface area contributed by atoms with Crippen molar-refractivity contribution >= 4 is 15.9 Å². The Morgan fingerprint density at radius 1 is 1.09 bits per heavy atom. The van der Waals surface area contributed by atoms with E-state index in [9.17, 15) is 13.2 Å². The number of carbonyl (C=O) groups is 1. The molecule has 2 heterocycles. The number of amides is 1. The topological polar surface area (TPSA) is 104 Å². The number of sulfonamides is 1. The number of ether oxygens (including phenoxy) is 1. The lowest BCUT2D eigenvalue weighted by Crippen LogP contribution is -2.35. The van der Waals surface area contributed by atoms with Gasteiger partial charge >= 0.3 is 0 Å². The van der Waals surface area contributed by atoms with Gasteiger partial charge in [0.05, 0.1) is 12.8 Å². The number of aromatic nitrogens is 2. The summed E-state index contributed by atoms with van der Waals surface area (Å²) in [6.07, 6.45) is 2.73. The van der Waals surface area contributed by atoms with Gasteiger partial charge in [-0.15, -0.1) is 0 Å². The number of carbonyl (C=O) groups excluding carboxylic acids is 1. The first kappa shape index (κ1) is 22.0. The summed E-state index contributed by atoms with van der Waals surface area (Å²) in [4.78, 5) is 12.6. The fourth-order valence-electron chi connectivity index (χ4n) is 3.74. The molecule has 0 atom stereocenters.